The third-order valence-corrected chi connectivity index (χ3v) is 3.56. The Balaban J connectivity index is 2.29. The van der Waals surface area contributed by atoms with Gasteiger partial charge in [0.25, 0.3) is 0 Å². The van der Waals surface area contributed by atoms with Gasteiger partial charge in [-0.1, -0.05) is 36.4 Å². The number of nitrogens with one attached hydrogen (secondary N) is 1. The van der Waals surface area contributed by atoms with E-state index < -0.39 is 0 Å². The van der Waals surface area contributed by atoms with Gasteiger partial charge >= 0.3 is 0 Å². The van der Waals surface area contributed by atoms with Gasteiger partial charge in [-0.2, -0.15) is 0 Å². The molecule has 2 aromatic carbocycles. The fourth-order valence-corrected chi connectivity index (χ4v) is 2.21. The lowest BCUT2D eigenvalue weighted by Crippen LogP contribution is -2.12. The molecule has 3 nitrogen and oxygen atoms in total. The van der Waals surface area contributed by atoms with Gasteiger partial charge in [-0.25, -0.2) is 0 Å². The Bertz CT molecular complexity index is 569. The largest absolute Gasteiger partial charge is 0.491 e. The monoisotopic (exact) mass is 285 g/mol. The van der Waals surface area contributed by atoms with E-state index in [0.29, 0.717) is 19.3 Å². The van der Waals surface area contributed by atoms with E-state index in [1.54, 1.807) is 7.11 Å². The molecule has 1 N–H and O–H groups in total. The predicted octanol–water partition coefficient (Wildman–Crippen LogP) is 3.66. The summed E-state index contributed by atoms with van der Waals surface area (Å²) in [5, 5.41) is 3.27. The SMILES string of the molecule is CNC(C)c1cccc(-c2ccccc2OCCOC)c1. The first kappa shape index (κ1) is 15.5. The molecule has 0 aliphatic heterocycles. The van der Waals surface area contributed by atoms with Crippen molar-refractivity contribution in [3.05, 3.63) is 54.1 Å². The molecule has 112 valence electrons. The van der Waals surface area contributed by atoms with Gasteiger partial charge in [0.2, 0.25) is 0 Å². The molecular formula is C18H23NO2. The minimum absolute atomic E-state index is 0.325. The molecule has 0 radical (unpaired) electrons. The van der Waals surface area contributed by atoms with Gasteiger partial charge in [-0.3, -0.25) is 0 Å². The van der Waals surface area contributed by atoms with E-state index >= 15 is 0 Å². The number of ether oxygens (including phenoxy) is 2. The van der Waals surface area contributed by atoms with E-state index in [0.717, 1.165) is 11.3 Å². The van der Waals surface area contributed by atoms with Crippen molar-refractivity contribution in [1.82, 2.24) is 5.32 Å². The van der Waals surface area contributed by atoms with Gasteiger partial charge in [-0.15, -0.1) is 0 Å². The number of hydrogen-bond donors (Lipinski definition) is 1. The van der Waals surface area contributed by atoms with E-state index in [2.05, 4.69) is 42.6 Å². The highest BCUT2D eigenvalue weighted by Crippen LogP contribution is 2.31. The van der Waals surface area contributed by atoms with Gasteiger partial charge in [-0.05, 0) is 37.2 Å². The lowest BCUT2D eigenvalue weighted by molar-refractivity contribution is 0.146. The lowest BCUT2D eigenvalue weighted by Gasteiger charge is -2.14. The zero-order valence-corrected chi connectivity index (χ0v) is 12.9. The average Bonchev–Trinajstić information content (AvgIpc) is 2.55. The Hall–Kier alpha value is -1.84. The zero-order chi connectivity index (χ0) is 15.1. The first-order valence-corrected chi connectivity index (χ1v) is 7.24. The summed E-state index contributed by atoms with van der Waals surface area (Å²) in [6.45, 7) is 3.30. The number of hydrogen-bond acceptors (Lipinski definition) is 3. The van der Waals surface area contributed by atoms with Crippen molar-refractivity contribution in [3.8, 4) is 16.9 Å². The zero-order valence-electron chi connectivity index (χ0n) is 12.9. The van der Waals surface area contributed by atoms with Crippen molar-refractivity contribution in [3.63, 3.8) is 0 Å². The molecule has 1 unspecified atom stereocenters. The summed E-state index contributed by atoms with van der Waals surface area (Å²) < 4.78 is 10.9. The van der Waals surface area contributed by atoms with Crippen LogP contribution in [0.5, 0.6) is 5.75 Å². The highest BCUT2D eigenvalue weighted by atomic mass is 16.5. The van der Waals surface area contributed by atoms with Crippen LogP contribution in [0.2, 0.25) is 0 Å². The normalized spacial score (nSPS) is 12.1. The van der Waals surface area contributed by atoms with Gasteiger partial charge < -0.3 is 14.8 Å². The minimum Gasteiger partial charge on any atom is -0.491 e. The molecule has 0 heterocycles. The van der Waals surface area contributed by atoms with Gasteiger partial charge in [0.05, 0.1) is 6.61 Å². The summed E-state index contributed by atoms with van der Waals surface area (Å²) in [6, 6.07) is 17.0. The van der Waals surface area contributed by atoms with Crippen LogP contribution in [0, 0.1) is 0 Å². The molecular weight excluding hydrogens is 262 g/mol. The molecule has 0 aliphatic rings. The molecule has 0 aromatic heterocycles. The van der Waals surface area contributed by atoms with E-state index in [-0.39, 0.29) is 0 Å². The van der Waals surface area contributed by atoms with Crippen LogP contribution in [-0.4, -0.2) is 27.4 Å². The van der Waals surface area contributed by atoms with Crippen molar-refractivity contribution in [2.45, 2.75) is 13.0 Å². The summed E-state index contributed by atoms with van der Waals surface area (Å²) in [5.74, 6) is 0.892. The maximum atomic E-state index is 5.82. The van der Waals surface area contributed by atoms with Gasteiger partial charge in [0.15, 0.2) is 0 Å². The molecule has 0 bridgehead atoms. The fourth-order valence-electron chi connectivity index (χ4n) is 2.21. The summed E-state index contributed by atoms with van der Waals surface area (Å²) in [6.07, 6.45) is 0. The Kier molecular flexibility index (Phi) is 5.78. The van der Waals surface area contributed by atoms with Crippen LogP contribution < -0.4 is 10.1 Å². The summed E-state index contributed by atoms with van der Waals surface area (Å²) in [4.78, 5) is 0. The highest BCUT2D eigenvalue weighted by molar-refractivity contribution is 5.71. The smallest absolute Gasteiger partial charge is 0.127 e. The molecule has 3 heteroatoms. The molecule has 0 fully saturated rings. The van der Waals surface area contributed by atoms with Crippen LogP contribution in [-0.2, 0) is 4.74 Å². The van der Waals surface area contributed by atoms with Crippen LogP contribution in [0.3, 0.4) is 0 Å². The quantitative estimate of drug-likeness (QED) is 0.788. The molecule has 2 rings (SSSR count). The third-order valence-electron chi connectivity index (χ3n) is 3.56. The molecule has 1 atom stereocenters. The molecule has 2 aromatic rings. The summed E-state index contributed by atoms with van der Waals surface area (Å²) >= 11 is 0. The number of benzene rings is 2. The average molecular weight is 285 g/mol. The molecule has 0 saturated carbocycles. The summed E-state index contributed by atoms with van der Waals surface area (Å²) in [7, 11) is 3.65. The van der Waals surface area contributed by atoms with E-state index in [1.165, 1.54) is 11.1 Å². The first-order chi connectivity index (χ1) is 10.3. The second kappa shape index (κ2) is 7.81. The highest BCUT2D eigenvalue weighted by Gasteiger charge is 2.08. The van der Waals surface area contributed by atoms with E-state index in [4.69, 9.17) is 9.47 Å². The second-order valence-electron chi connectivity index (χ2n) is 4.97. The standard InChI is InChI=1S/C18H23NO2/c1-14(19-2)15-7-6-8-16(13-15)17-9-4-5-10-18(17)21-12-11-20-3/h4-10,13-14,19H,11-12H2,1-3H3. The van der Waals surface area contributed by atoms with Crippen LogP contribution in [0.15, 0.2) is 48.5 Å². The van der Waals surface area contributed by atoms with Crippen LogP contribution in [0.4, 0.5) is 0 Å². The Morgan fingerprint density at radius 2 is 1.86 bits per heavy atom. The summed E-state index contributed by atoms with van der Waals surface area (Å²) in [5.41, 5.74) is 3.54. The molecule has 0 saturated heterocycles. The molecule has 0 aliphatic carbocycles. The van der Waals surface area contributed by atoms with Crippen LogP contribution in [0.25, 0.3) is 11.1 Å². The molecule has 0 amide bonds. The second-order valence-corrected chi connectivity index (χ2v) is 4.97. The Morgan fingerprint density at radius 1 is 1.05 bits per heavy atom. The van der Waals surface area contributed by atoms with E-state index in [9.17, 15) is 0 Å². The van der Waals surface area contributed by atoms with Crippen molar-refractivity contribution >= 4 is 0 Å². The third kappa shape index (κ3) is 4.06. The minimum atomic E-state index is 0.325. The topological polar surface area (TPSA) is 30.5 Å². The van der Waals surface area contributed by atoms with E-state index in [1.807, 2.05) is 25.2 Å². The number of rotatable bonds is 7. The lowest BCUT2D eigenvalue weighted by atomic mass is 9.99. The van der Waals surface area contributed by atoms with Gasteiger partial charge in [0.1, 0.15) is 12.4 Å². The maximum Gasteiger partial charge on any atom is 0.127 e. The van der Waals surface area contributed by atoms with Crippen molar-refractivity contribution in [2.75, 3.05) is 27.4 Å². The predicted molar refractivity (Wildman–Crippen MR) is 86.7 cm³/mol. The number of para-hydroxylation sites is 1. The van der Waals surface area contributed by atoms with Crippen molar-refractivity contribution in [1.29, 1.82) is 0 Å². The number of methoxy groups -OCH3 is 1. The van der Waals surface area contributed by atoms with Gasteiger partial charge in [0, 0.05) is 18.7 Å². The van der Waals surface area contributed by atoms with Crippen molar-refractivity contribution in [2.24, 2.45) is 0 Å². The first-order valence-electron chi connectivity index (χ1n) is 7.24. The van der Waals surface area contributed by atoms with Crippen molar-refractivity contribution < 1.29 is 9.47 Å². The maximum absolute atomic E-state index is 5.82. The molecule has 21 heavy (non-hydrogen) atoms. The van der Waals surface area contributed by atoms with Crippen LogP contribution in [0.1, 0.15) is 18.5 Å². The Labute approximate surface area is 126 Å². The fraction of sp³-hybridized carbons (Fsp3) is 0.333. The Morgan fingerprint density at radius 3 is 2.62 bits per heavy atom. The van der Waals surface area contributed by atoms with Crippen LogP contribution >= 0.6 is 0 Å². The molecule has 0 spiro atoms.